The van der Waals surface area contributed by atoms with Gasteiger partial charge in [0, 0.05) is 18.2 Å². The summed E-state index contributed by atoms with van der Waals surface area (Å²) in [6.45, 7) is 6.96. The molecule has 5 rings (SSSR count). The van der Waals surface area contributed by atoms with Crippen LogP contribution in [0, 0.1) is 0 Å². The molecule has 1 saturated carbocycles. The molecule has 8 heteroatoms. The van der Waals surface area contributed by atoms with Gasteiger partial charge in [-0.15, -0.1) is 0 Å². The normalized spacial score (nSPS) is 29.1. The molecule has 2 amide bonds. The lowest BCUT2D eigenvalue weighted by Crippen LogP contribution is -2.60. The van der Waals surface area contributed by atoms with Crippen LogP contribution in [0.5, 0.6) is 0 Å². The topological polar surface area (TPSA) is 105 Å². The van der Waals surface area contributed by atoms with Crippen LogP contribution < -0.4 is 11.1 Å². The maximum Gasteiger partial charge on any atom is 0.252 e. The first-order chi connectivity index (χ1) is 16.8. The summed E-state index contributed by atoms with van der Waals surface area (Å²) < 4.78 is 5.55. The summed E-state index contributed by atoms with van der Waals surface area (Å²) in [6.07, 6.45) is 4.68. The van der Waals surface area contributed by atoms with Gasteiger partial charge in [0.2, 0.25) is 5.91 Å². The van der Waals surface area contributed by atoms with Gasteiger partial charge in [0.25, 0.3) is 5.91 Å². The molecule has 190 valence electrons. The van der Waals surface area contributed by atoms with Gasteiger partial charge >= 0.3 is 0 Å². The van der Waals surface area contributed by atoms with E-state index in [9.17, 15) is 14.4 Å². The predicted molar refractivity (Wildman–Crippen MR) is 132 cm³/mol. The van der Waals surface area contributed by atoms with E-state index in [1.54, 1.807) is 4.90 Å². The first-order valence-corrected chi connectivity index (χ1v) is 13.2. The summed E-state index contributed by atoms with van der Waals surface area (Å²) >= 11 is 0. The zero-order valence-electron chi connectivity index (χ0n) is 20.9. The molecule has 3 N–H and O–H groups in total. The van der Waals surface area contributed by atoms with Crippen molar-refractivity contribution in [2.75, 3.05) is 26.2 Å². The van der Waals surface area contributed by atoms with Gasteiger partial charge in [0.1, 0.15) is 24.3 Å². The van der Waals surface area contributed by atoms with Crippen LogP contribution in [0.3, 0.4) is 0 Å². The third kappa shape index (κ3) is 4.52. The second kappa shape index (κ2) is 9.64. The molecule has 35 heavy (non-hydrogen) atoms. The molecule has 0 unspecified atom stereocenters. The molecule has 4 aliphatic rings. The van der Waals surface area contributed by atoms with E-state index in [1.165, 1.54) is 5.56 Å². The molecular formula is C27H38N4O4. The van der Waals surface area contributed by atoms with Crippen molar-refractivity contribution < 1.29 is 19.1 Å². The summed E-state index contributed by atoms with van der Waals surface area (Å²) in [4.78, 5) is 43.5. The molecule has 4 fully saturated rings. The number of nitrogens with zero attached hydrogens (tertiary/aromatic N) is 2. The average molecular weight is 483 g/mol. The number of ketones is 1. The van der Waals surface area contributed by atoms with Gasteiger partial charge < -0.3 is 25.6 Å². The van der Waals surface area contributed by atoms with E-state index in [0.29, 0.717) is 30.4 Å². The molecule has 1 aromatic rings. The van der Waals surface area contributed by atoms with E-state index in [-0.39, 0.29) is 36.8 Å². The Bertz CT molecular complexity index is 964. The van der Waals surface area contributed by atoms with Crippen LogP contribution in [0.25, 0.3) is 0 Å². The maximum atomic E-state index is 13.7. The van der Waals surface area contributed by atoms with Crippen LogP contribution in [0.15, 0.2) is 24.3 Å². The Hall–Kier alpha value is -2.29. The van der Waals surface area contributed by atoms with Crippen LogP contribution in [-0.2, 0) is 14.3 Å². The Balaban J connectivity index is 1.27. The lowest BCUT2D eigenvalue weighted by molar-refractivity contribution is -0.142. The van der Waals surface area contributed by atoms with Gasteiger partial charge in [0.15, 0.2) is 5.78 Å². The minimum atomic E-state index is -0.989. The maximum absolute atomic E-state index is 13.7. The number of hydrogen-bond acceptors (Lipinski definition) is 6. The molecule has 3 heterocycles. The van der Waals surface area contributed by atoms with Gasteiger partial charge in [-0.25, -0.2) is 0 Å². The number of fused-ring (bicyclic) bond motifs is 1. The lowest BCUT2D eigenvalue weighted by atomic mass is 9.88. The molecule has 0 spiro atoms. The smallest absolute Gasteiger partial charge is 0.252 e. The quantitative estimate of drug-likeness (QED) is 0.663. The first kappa shape index (κ1) is 24.4. The fourth-order valence-corrected chi connectivity index (χ4v) is 6.49. The number of likely N-dealkylation sites (tertiary alicyclic amines) is 2. The third-order valence-electron chi connectivity index (χ3n) is 8.61. The Morgan fingerprint density at radius 3 is 2.40 bits per heavy atom. The van der Waals surface area contributed by atoms with E-state index < -0.39 is 17.7 Å². The van der Waals surface area contributed by atoms with Gasteiger partial charge in [-0.2, -0.15) is 0 Å². The van der Waals surface area contributed by atoms with E-state index in [0.717, 1.165) is 38.8 Å². The van der Waals surface area contributed by atoms with Crippen LogP contribution in [-0.4, -0.2) is 83.4 Å². The molecule has 8 nitrogen and oxygen atoms in total. The highest BCUT2D eigenvalue weighted by molar-refractivity contribution is 6.01. The van der Waals surface area contributed by atoms with Crippen LogP contribution >= 0.6 is 0 Å². The second-order valence-corrected chi connectivity index (χ2v) is 11.1. The van der Waals surface area contributed by atoms with Crippen molar-refractivity contribution in [3.63, 3.8) is 0 Å². The van der Waals surface area contributed by atoms with Crippen LogP contribution in [0.4, 0.5) is 0 Å². The highest BCUT2D eigenvalue weighted by Gasteiger charge is 2.55. The fourth-order valence-electron chi connectivity index (χ4n) is 6.49. The Morgan fingerprint density at radius 1 is 1.11 bits per heavy atom. The van der Waals surface area contributed by atoms with Crippen LogP contribution in [0.1, 0.15) is 74.2 Å². The van der Waals surface area contributed by atoms with Gasteiger partial charge in [-0.1, -0.05) is 25.0 Å². The summed E-state index contributed by atoms with van der Waals surface area (Å²) in [5.74, 6) is -0.0249. The monoisotopic (exact) mass is 482 g/mol. The van der Waals surface area contributed by atoms with Crippen molar-refractivity contribution in [3.8, 4) is 0 Å². The van der Waals surface area contributed by atoms with Crippen molar-refractivity contribution in [3.05, 3.63) is 35.4 Å². The number of nitrogens with one attached hydrogen (secondary N) is 1. The number of Topliss-reactive ketones (excluding diaryl/α,β-unsaturated/α-hetero) is 1. The van der Waals surface area contributed by atoms with Gasteiger partial charge in [-0.3, -0.25) is 14.4 Å². The number of carbonyl (C=O) groups is 3. The summed E-state index contributed by atoms with van der Waals surface area (Å²) in [5.41, 5.74) is 7.02. The summed E-state index contributed by atoms with van der Waals surface area (Å²) in [5, 5.41) is 3.08. The SMILES string of the molecule is CC(C)N1CCC(c2ccc(C(=O)NC3(C(=O)N4C[C@H](N)[C@H]5OCC(=O)[C@H]54)CCCC3)cc2)CC1. The largest absolute Gasteiger partial charge is 0.366 e. The average Bonchev–Trinajstić information content (AvgIpc) is 3.57. The zero-order chi connectivity index (χ0) is 24.7. The molecule has 0 bridgehead atoms. The zero-order valence-corrected chi connectivity index (χ0v) is 20.9. The van der Waals surface area contributed by atoms with E-state index in [4.69, 9.17) is 10.5 Å². The highest BCUT2D eigenvalue weighted by Crippen LogP contribution is 2.36. The van der Waals surface area contributed by atoms with E-state index >= 15 is 0 Å². The number of nitrogens with two attached hydrogens (primary N) is 1. The molecule has 3 saturated heterocycles. The van der Waals surface area contributed by atoms with E-state index in [1.807, 2.05) is 12.1 Å². The standard InChI is InChI=1S/C27H38N4O4/c1-17(2)30-13-9-19(10-14-30)18-5-7-20(8-6-18)25(33)29-27(11-3-4-12-27)26(34)31-15-21(28)24-23(31)22(32)16-35-24/h5-8,17,19,21,23-24H,3-4,9-16,28H2,1-2H3,(H,29,33)/t21-,23+,24+/m0/s1. The number of carbonyl (C=O) groups excluding carboxylic acids is 3. The predicted octanol–water partition coefficient (Wildman–Crippen LogP) is 1.82. The van der Waals surface area contributed by atoms with Crippen molar-refractivity contribution in [2.45, 2.75) is 88.1 Å². The second-order valence-electron chi connectivity index (χ2n) is 11.1. The molecule has 0 aromatic heterocycles. The number of rotatable bonds is 5. The third-order valence-corrected chi connectivity index (χ3v) is 8.61. The Labute approximate surface area is 207 Å². The molecule has 3 aliphatic heterocycles. The number of benzene rings is 1. The minimum Gasteiger partial charge on any atom is -0.366 e. The first-order valence-electron chi connectivity index (χ1n) is 13.2. The minimum absolute atomic E-state index is 0.00494. The number of amides is 2. The molecule has 3 atom stereocenters. The van der Waals surface area contributed by atoms with Gasteiger partial charge in [0.05, 0.1) is 6.04 Å². The summed E-state index contributed by atoms with van der Waals surface area (Å²) in [6, 6.07) is 7.44. The Kier molecular flexibility index (Phi) is 6.72. The fraction of sp³-hybridized carbons (Fsp3) is 0.667. The van der Waals surface area contributed by atoms with Gasteiger partial charge in [-0.05, 0) is 76.2 Å². The van der Waals surface area contributed by atoms with Crippen molar-refractivity contribution in [2.24, 2.45) is 5.73 Å². The number of ether oxygens (including phenoxy) is 1. The Morgan fingerprint density at radius 2 is 1.77 bits per heavy atom. The highest BCUT2D eigenvalue weighted by atomic mass is 16.5. The molecule has 1 aliphatic carbocycles. The van der Waals surface area contributed by atoms with Crippen LogP contribution in [0.2, 0.25) is 0 Å². The van der Waals surface area contributed by atoms with E-state index in [2.05, 4.69) is 36.2 Å². The number of hydrogen-bond donors (Lipinski definition) is 2. The van der Waals surface area contributed by atoms with Crippen molar-refractivity contribution in [1.82, 2.24) is 15.1 Å². The summed E-state index contributed by atoms with van der Waals surface area (Å²) in [7, 11) is 0. The number of piperidine rings is 1. The van der Waals surface area contributed by atoms with Crippen molar-refractivity contribution >= 4 is 17.6 Å². The molecule has 1 aromatic carbocycles. The molecular weight excluding hydrogens is 444 g/mol. The van der Waals surface area contributed by atoms with Crippen molar-refractivity contribution in [1.29, 1.82) is 0 Å². The molecule has 0 radical (unpaired) electrons. The lowest BCUT2D eigenvalue weighted by Gasteiger charge is -2.35.